The zero-order valence-electron chi connectivity index (χ0n) is 13.4. The van der Waals surface area contributed by atoms with Crippen molar-refractivity contribution in [2.75, 3.05) is 0 Å². The van der Waals surface area contributed by atoms with E-state index in [1.165, 1.54) is 11.3 Å². The average molecular weight is 376 g/mol. The number of hydrogen-bond acceptors (Lipinski definition) is 6. The van der Waals surface area contributed by atoms with Gasteiger partial charge in [0.05, 0.1) is 11.1 Å². The molecule has 26 heavy (non-hydrogen) atoms. The van der Waals surface area contributed by atoms with E-state index < -0.39 is 0 Å². The van der Waals surface area contributed by atoms with Gasteiger partial charge in [0.15, 0.2) is 5.82 Å². The molecule has 5 nitrogen and oxygen atoms in total. The topological polar surface area (TPSA) is 56.2 Å². The summed E-state index contributed by atoms with van der Waals surface area (Å²) in [5, 5.41) is 16.1. The molecule has 7 heteroatoms. The zero-order valence-corrected chi connectivity index (χ0v) is 15.1. The van der Waals surface area contributed by atoms with Gasteiger partial charge in [-0.2, -0.15) is 9.61 Å². The van der Waals surface area contributed by atoms with Gasteiger partial charge < -0.3 is 4.42 Å². The van der Waals surface area contributed by atoms with Gasteiger partial charge >= 0.3 is 0 Å². The minimum Gasteiger partial charge on any atom is -0.465 e. The first kappa shape index (κ1) is 15.2. The molecule has 0 saturated carbocycles. The molecule has 1 aromatic carbocycles. The Kier molecular flexibility index (Phi) is 3.73. The highest BCUT2D eigenvalue weighted by atomic mass is 32.1. The maximum Gasteiger partial charge on any atom is 0.235 e. The summed E-state index contributed by atoms with van der Waals surface area (Å²) in [6.45, 7) is 0. The van der Waals surface area contributed by atoms with E-state index in [2.05, 4.69) is 34.5 Å². The Morgan fingerprint density at radius 3 is 2.65 bits per heavy atom. The van der Waals surface area contributed by atoms with Gasteiger partial charge in [-0.3, -0.25) is 0 Å². The number of benzene rings is 1. The maximum absolute atomic E-state index is 5.30. The van der Waals surface area contributed by atoms with Gasteiger partial charge in [0.2, 0.25) is 4.96 Å². The van der Waals surface area contributed by atoms with Crippen molar-refractivity contribution in [2.45, 2.75) is 0 Å². The van der Waals surface area contributed by atoms with Crippen molar-refractivity contribution in [3.8, 4) is 21.3 Å². The normalized spacial score (nSPS) is 11.7. The maximum atomic E-state index is 5.30. The lowest BCUT2D eigenvalue weighted by molar-refractivity contribution is 0.557. The molecule has 0 N–H and O–H groups in total. The molecule has 5 aromatic rings. The smallest absolute Gasteiger partial charge is 0.235 e. The summed E-state index contributed by atoms with van der Waals surface area (Å²) >= 11 is 3.17. The summed E-state index contributed by atoms with van der Waals surface area (Å²) < 4.78 is 7.12. The van der Waals surface area contributed by atoms with Crippen molar-refractivity contribution in [3.05, 3.63) is 71.5 Å². The first-order valence-corrected chi connectivity index (χ1v) is 9.64. The molecule has 0 unspecified atom stereocenters. The van der Waals surface area contributed by atoms with Gasteiger partial charge in [0.25, 0.3) is 0 Å². The molecule has 126 valence electrons. The molecule has 0 atom stereocenters. The summed E-state index contributed by atoms with van der Waals surface area (Å²) in [5.41, 5.74) is 2.17. The van der Waals surface area contributed by atoms with Gasteiger partial charge in [-0.25, -0.2) is 0 Å². The van der Waals surface area contributed by atoms with E-state index in [0.29, 0.717) is 0 Å². The lowest BCUT2D eigenvalue weighted by Crippen LogP contribution is -1.89. The van der Waals surface area contributed by atoms with E-state index in [1.54, 1.807) is 17.6 Å². The van der Waals surface area contributed by atoms with Crippen LogP contribution < -0.4 is 0 Å². The average Bonchev–Trinajstić information content (AvgIpc) is 3.44. The second-order valence-electron chi connectivity index (χ2n) is 5.57. The summed E-state index contributed by atoms with van der Waals surface area (Å²) in [6, 6.07) is 16.1. The molecule has 0 saturated heterocycles. The van der Waals surface area contributed by atoms with Crippen LogP contribution in [0.3, 0.4) is 0 Å². The van der Waals surface area contributed by atoms with E-state index in [-0.39, 0.29) is 0 Å². The summed E-state index contributed by atoms with van der Waals surface area (Å²) in [4.78, 5) is 1.86. The van der Waals surface area contributed by atoms with Crippen molar-refractivity contribution < 1.29 is 4.42 Å². The van der Waals surface area contributed by atoms with Gasteiger partial charge in [0.1, 0.15) is 10.8 Å². The van der Waals surface area contributed by atoms with Crippen LogP contribution in [0.25, 0.3) is 38.4 Å². The number of aromatic nitrogens is 4. The van der Waals surface area contributed by atoms with E-state index in [0.717, 1.165) is 37.6 Å². The number of furan rings is 1. The summed E-state index contributed by atoms with van der Waals surface area (Å²) in [5.74, 6) is 1.62. The minimum atomic E-state index is 0.788. The van der Waals surface area contributed by atoms with Crippen molar-refractivity contribution in [2.24, 2.45) is 0 Å². The molecule has 0 amide bonds. The third kappa shape index (κ3) is 2.77. The van der Waals surface area contributed by atoms with Crippen molar-refractivity contribution >= 4 is 39.8 Å². The Bertz CT molecular complexity index is 1170. The Morgan fingerprint density at radius 2 is 1.88 bits per heavy atom. The van der Waals surface area contributed by atoms with Crippen molar-refractivity contribution in [3.63, 3.8) is 0 Å². The third-order valence-electron chi connectivity index (χ3n) is 3.87. The van der Waals surface area contributed by atoms with Gasteiger partial charge in [-0.1, -0.05) is 47.7 Å². The SMILES string of the molecule is C(=C\c1ccco1)/c1ccc(-c2nn3c(-c4cccs4)nnc3s2)cc1. The highest BCUT2D eigenvalue weighted by Crippen LogP contribution is 2.29. The largest absolute Gasteiger partial charge is 0.465 e. The molecule has 0 radical (unpaired) electrons. The van der Waals surface area contributed by atoms with Gasteiger partial charge in [-0.15, -0.1) is 21.5 Å². The second kappa shape index (κ2) is 6.36. The molecule has 0 aliphatic rings. The summed E-state index contributed by atoms with van der Waals surface area (Å²) in [6.07, 6.45) is 5.64. The van der Waals surface area contributed by atoms with E-state index in [4.69, 9.17) is 9.52 Å². The van der Waals surface area contributed by atoms with Crippen LogP contribution in [-0.4, -0.2) is 19.8 Å². The molecule has 4 heterocycles. The third-order valence-corrected chi connectivity index (χ3v) is 5.69. The number of fused-ring (bicyclic) bond motifs is 1. The van der Waals surface area contributed by atoms with E-state index >= 15 is 0 Å². The lowest BCUT2D eigenvalue weighted by atomic mass is 10.1. The van der Waals surface area contributed by atoms with Crippen LogP contribution in [0.15, 0.2) is 64.6 Å². The lowest BCUT2D eigenvalue weighted by Gasteiger charge is -1.97. The van der Waals surface area contributed by atoms with Crippen LogP contribution in [0.5, 0.6) is 0 Å². The second-order valence-corrected chi connectivity index (χ2v) is 7.48. The highest BCUT2D eigenvalue weighted by molar-refractivity contribution is 7.19. The van der Waals surface area contributed by atoms with E-state index in [9.17, 15) is 0 Å². The van der Waals surface area contributed by atoms with Gasteiger partial charge in [0, 0.05) is 5.56 Å². The fraction of sp³-hybridized carbons (Fsp3) is 0. The summed E-state index contributed by atoms with van der Waals surface area (Å²) in [7, 11) is 0. The molecular weight excluding hydrogens is 364 g/mol. The van der Waals surface area contributed by atoms with Crippen molar-refractivity contribution in [1.29, 1.82) is 0 Å². The van der Waals surface area contributed by atoms with E-state index in [1.807, 2.05) is 46.3 Å². The van der Waals surface area contributed by atoms with Crippen LogP contribution >= 0.6 is 22.7 Å². The molecule has 0 aliphatic carbocycles. The molecular formula is C19H12N4OS2. The number of hydrogen-bond donors (Lipinski definition) is 0. The minimum absolute atomic E-state index is 0.788. The van der Waals surface area contributed by atoms with Crippen LogP contribution in [0, 0.1) is 0 Å². The highest BCUT2D eigenvalue weighted by Gasteiger charge is 2.14. The molecule has 0 spiro atoms. The Labute approximate surface area is 156 Å². The van der Waals surface area contributed by atoms with Crippen LogP contribution in [0.4, 0.5) is 0 Å². The number of rotatable bonds is 4. The first-order chi connectivity index (χ1) is 12.9. The molecule has 0 aliphatic heterocycles. The standard InChI is InChI=1S/C19H12N4OS2/c1-3-15(24-11-1)10-7-13-5-8-14(9-6-13)18-22-23-17(16-4-2-12-25-16)20-21-19(23)26-18/h1-12H/b10-7+. The number of nitrogens with zero attached hydrogens (tertiary/aromatic N) is 4. The molecule has 4 aromatic heterocycles. The van der Waals surface area contributed by atoms with Crippen LogP contribution in [0.2, 0.25) is 0 Å². The fourth-order valence-electron chi connectivity index (χ4n) is 2.59. The predicted octanol–water partition coefficient (Wildman–Crippen LogP) is 5.34. The monoisotopic (exact) mass is 376 g/mol. The Hall–Kier alpha value is -3.03. The molecule has 5 rings (SSSR count). The Morgan fingerprint density at radius 1 is 0.962 bits per heavy atom. The first-order valence-electron chi connectivity index (χ1n) is 7.95. The zero-order chi connectivity index (χ0) is 17.3. The predicted molar refractivity (Wildman–Crippen MR) is 105 cm³/mol. The van der Waals surface area contributed by atoms with Crippen LogP contribution in [-0.2, 0) is 0 Å². The molecule has 0 bridgehead atoms. The molecule has 0 fully saturated rings. The fourth-order valence-corrected chi connectivity index (χ4v) is 4.13. The van der Waals surface area contributed by atoms with Crippen molar-refractivity contribution in [1.82, 2.24) is 19.8 Å². The Balaban J connectivity index is 1.44. The number of thiophene rings is 1. The van der Waals surface area contributed by atoms with Gasteiger partial charge in [-0.05, 0) is 35.2 Å². The quantitative estimate of drug-likeness (QED) is 0.424. The van der Waals surface area contributed by atoms with Crippen LogP contribution in [0.1, 0.15) is 11.3 Å².